The summed E-state index contributed by atoms with van der Waals surface area (Å²) >= 11 is 1.61. The second-order valence-electron chi connectivity index (χ2n) is 5.15. The molecule has 0 amide bonds. The van der Waals surface area contributed by atoms with E-state index in [1.165, 1.54) is 17.3 Å². The number of thiophene rings is 1. The lowest BCUT2D eigenvalue weighted by Gasteiger charge is -2.12. The normalized spacial score (nSPS) is 12.5. The molecule has 0 saturated carbocycles. The van der Waals surface area contributed by atoms with Crippen LogP contribution in [0.1, 0.15) is 11.8 Å². The lowest BCUT2D eigenvalue weighted by atomic mass is 10.2. The number of halogens is 1. The van der Waals surface area contributed by atoms with Crippen LogP contribution < -0.4 is 5.32 Å². The molecule has 1 atom stereocenters. The first-order valence-corrected chi connectivity index (χ1v) is 7.93. The highest BCUT2D eigenvalue weighted by molar-refractivity contribution is 7.15. The molecular weight excluding hydrogens is 299 g/mol. The van der Waals surface area contributed by atoms with Crippen LogP contribution in [0.15, 0.2) is 49.1 Å². The van der Waals surface area contributed by atoms with Crippen LogP contribution >= 0.6 is 11.3 Å². The minimum Gasteiger partial charge on any atom is -0.308 e. The minimum atomic E-state index is -0.177. The fourth-order valence-corrected chi connectivity index (χ4v) is 3.21. The molecule has 6 heteroatoms. The lowest BCUT2D eigenvalue weighted by Crippen LogP contribution is -2.29. The van der Waals surface area contributed by atoms with E-state index in [2.05, 4.69) is 22.3 Å². The Morgan fingerprint density at radius 3 is 2.91 bits per heavy atom. The molecule has 0 fully saturated rings. The SMILES string of the molecule is CC(Cn1cncn1)NCc1ccc(-c2ccccc2F)s1. The number of aromatic nitrogens is 3. The van der Waals surface area contributed by atoms with Crippen molar-refractivity contribution in [2.75, 3.05) is 0 Å². The summed E-state index contributed by atoms with van der Waals surface area (Å²) in [5.41, 5.74) is 0.661. The summed E-state index contributed by atoms with van der Waals surface area (Å²) < 4.78 is 15.6. The van der Waals surface area contributed by atoms with Gasteiger partial charge in [-0.15, -0.1) is 11.3 Å². The van der Waals surface area contributed by atoms with Gasteiger partial charge in [0.05, 0.1) is 6.54 Å². The van der Waals surface area contributed by atoms with Crippen LogP contribution in [0.3, 0.4) is 0 Å². The molecule has 0 aliphatic rings. The first-order valence-electron chi connectivity index (χ1n) is 7.12. The van der Waals surface area contributed by atoms with Gasteiger partial charge < -0.3 is 5.32 Å². The number of nitrogens with zero attached hydrogens (tertiary/aromatic N) is 3. The monoisotopic (exact) mass is 316 g/mol. The van der Waals surface area contributed by atoms with Gasteiger partial charge in [0.2, 0.25) is 0 Å². The van der Waals surface area contributed by atoms with Crippen molar-refractivity contribution in [3.63, 3.8) is 0 Å². The molecule has 1 aromatic carbocycles. The molecule has 0 aliphatic carbocycles. The van der Waals surface area contributed by atoms with Gasteiger partial charge in [-0.1, -0.05) is 18.2 Å². The molecule has 3 aromatic rings. The Morgan fingerprint density at radius 2 is 2.14 bits per heavy atom. The number of hydrogen-bond donors (Lipinski definition) is 1. The van der Waals surface area contributed by atoms with Crippen molar-refractivity contribution in [1.29, 1.82) is 0 Å². The zero-order valence-corrected chi connectivity index (χ0v) is 13.1. The zero-order chi connectivity index (χ0) is 15.4. The molecule has 0 spiro atoms. The molecule has 0 radical (unpaired) electrons. The van der Waals surface area contributed by atoms with Gasteiger partial charge in [-0.3, -0.25) is 4.68 Å². The lowest BCUT2D eigenvalue weighted by molar-refractivity contribution is 0.451. The number of nitrogens with one attached hydrogen (secondary N) is 1. The minimum absolute atomic E-state index is 0.177. The number of rotatable bonds is 6. The maximum absolute atomic E-state index is 13.8. The Morgan fingerprint density at radius 1 is 1.27 bits per heavy atom. The van der Waals surface area contributed by atoms with E-state index < -0.39 is 0 Å². The Balaban J connectivity index is 1.59. The van der Waals surface area contributed by atoms with E-state index >= 15 is 0 Å². The molecule has 0 bridgehead atoms. The van der Waals surface area contributed by atoms with Crippen molar-refractivity contribution in [2.45, 2.75) is 26.1 Å². The molecule has 2 aromatic heterocycles. The van der Waals surface area contributed by atoms with E-state index in [0.29, 0.717) is 5.56 Å². The fraction of sp³-hybridized carbons (Fsp3) is 0.250. The van der Waals surface area contributed by atoms with E-state index in [1.807, 2.05) is 24.3 Å². The van der Waals surface area contributed by atoms with Crippen LogP contribution in [0.5, 0.6) is 0 Å². The largest absolute Gasteiger partial charge is 0.308 e. The summed E-state index contributed by atoms with van der Waals surface area (Å²) in [4.78, 5) is 6.07. The molecule has 1 N–H and O–H groups in total. The van der Waals surface area contributed by atoms with Gasteiger partial charge in [0.25, 0.3) is 0 Å². The molecule has 0 saturated heterocycles. The molecule has 3 rings (SSSR count). The van der Waals surface area contributed by atoms with E-state index in [-0.39, 0.29) is 11.9 Å². The van der Waals surface area contributed by atoms with Crippen molar-refractivity contribution in [3.8, 4) is 10.4 Å². The van der Waals surface area contributed by atoms with Gasteiger partial charge in [-0.05, 0) is 25.1 Å². The van der Waals surface area contributed by atoms with Gasteiger partial charge in [-0.2, -0.15) is 5.10 Å². The third-order valence-electron chi connectivity index (χ3n) is 3.35. The summed E-state index contributed by atoms with van der Waals surface area (Å²) in [6.07, 6.45) is 3.24. The molecule has 22 heavy (non-hydrogen) atoms. The van der Waals surface area contributed by atoms with Crippen molar-refractivity contribution >= 4 is 11.3 Å². The molecule has 2 heterocycles. The first kappa shape index (κ1) is 14.9. The van der Waals surface area contributed by atoms with Crippen molar-refractivity contribution < 1.29 is 4.39 Å². The molecule has 4 nitrogen and oxygen atoms in total. The van der Waals surface area contributed by atoms with E-state index in [4.69, 9.17) is 0 Å². The van der Waals surface area contributed by atoms with Crippen molar-refractivity contribution in [1.82, 2.24) is 20.1 Å². The average Bonchev–Trinajstić information content (AvgIpc) is 3.17. The van der Waals surface area contributed by atoms with Crippen LogP contribution in [-0.4, -0.2) is 20.8 Å². The second-order valence-corrected chi connectivity index (χ2v) is 6.31. The van der Waals surface area contributed by atoms with Crippen LogP contribution in [-0.2, 0) is 13.1 Å². The Hall–Kier alpha value is -2.05. The van der Waals surface area contributed by atoms with Crippen LogP contribution in [0.2, 0.25) is 0 Å². The molecular formula is C16H17FN4S. The smallest absolute Gasteiger partial charge is 0.137 e. The van der Waals surface area contributed by atoms with Gasteiger partial charge >= 0.3 is 0 Å². The maximum atomic E-state index is 13.8. The molecule has 0 aliphatic heterocycles. The summed E-state index contributed by atoms with van der Waals surface area (Å²) in [7, 11) is 0. The predicted molar refractivity (Wildman–Crippen MR) is 86.0 cm³/mol. The third kappa shape index (κ3) is 3.58. The number of benzene rings is 1. The van der Waals surface area contributed by atoms with Gasteiger partial charge in [0, 0.05) is 27.9 Å². The van der Waals surface area contributed by atoms with E-state index in [1.54, 1.807) is 28.4 Å². The van der Waals surface area contributed by atoms with E-state index in [0.717, 1.165) is 18.0 Å². The number of hydrogen-bond acceptors (Lipinski definition) is 4. The Labute approximate surface area is 132 Å². The Kier molecular flexibility index (Phi) is 4.60. The van der Waals surface area contributed by atoms with Crippen LogP contribution in [0.25, 0.3) is 10.4 Å². The van der Waals surface area contributed by atoms with Crippen LogP contribution in [0, 0.1) is 5.82 Å². The highest BCUT2D eigenvalue weighted by Gasteiger charge is 2.08. The van der Waals surface area contributed by atoms with Crippen molar-refractivity contribution in [3.05, 3.63) is 59.7 Å². The topological polar surface area (TPSA) is 42.7 Å². The summed E-state index contributed by atoms with van der Waals surface area (Å²) in [5.74, 6) is -0.177. The third-order valence-corrected chi connectivity index (χ3v) is 4.47. The highest BCUT2D eigenvalue weighted by atomic mass is 32.1. The summed E-state index contributed by atoms with van der Waals surface area (Å²) in [6.45, 7) is 3.63. The Bertz CT molecular complexity index is 723. The maximum Gasteiger partial charge on any atom is 0.137 e. The standard InChI is InChI=1S/C16H17FN4S/c1-12(9-21-11-18-10-20-21)19-8-13-6-7-16(22-13)14-4-2-3-5-15(14)17/h2-7,10-12,19H,8-9H2,1H3. The van der Waals surface area contributed by atoms with Gasteiger partial charge in [-0.25, -0.2) is 9.37 Å². The van der Waals surface area contributed by atoms with Gasteiger partial charge in [0.1, 0.15) is 18.5 Å². The first-order chi connectivity index (χ1) is 10.7. The van der Waals surface area contributed by atoms with Crippen molar-refractivity contribution in [2.24, 2.45) is 0 Å². The molecule has 114 valence electrons. The molecule has 1 unspecified atom stereocenters. The fourth-order valence-electron chi connectivity index (χ4n) is 2.23. The zero-order valence-electron chi connectivity index (χ0n) is 12.2. The summed E-state index contributed by atoms with van der Waals surface area (Å²) in [6, 6.07) is 11.2. The van der Waals surface area contributed by atoms with Crippen LogP contribution in [0.4, 0.5) is 4.39 Å². The quantitative estimate of drug-likeness (QED) is 0.758. The van der Waals surface area contributed by atoms with E-state index in [9.17, 15) is 4.39 Å². The highest BCUT2D eigenvalue weighted by Crippen LogP contribution is 2.29. The second kappa shape index (κ2) is 6.81. The predicted octanol–water partition coefficient (Wildman–Crippen LogP) is 3.32. The summed E-state index contributed by atoms with van der Waals surface area (Å²) in [5, 5.41) is 7.54. The van der Waals surface area contributed by atoms with Gasteiger partial charge in [0.15, 0.2) is 0 Å². The average molecular weight is 316 g/mol.